The molecule has 0 aliphatic rings. The molecule has 32 heavy (non-hydrogen) atoms. The number of aryl methyl sites for hydroxylation is 1. The van der Waals surface area contributed by atoms with Gasteiger partial charge in [-0.3, -0.25) is 0 Å². The number of carbonyl (C=O) groups excluding carboxylic acids is 1. The maximum Gasteiger partial charge on any atom is 0.343 e. The maximum atomic E-state index is 12.4. The van der Waals surface area contributed by atoms with E-state index in [4.69, 9.17) is 14.2 Å². The second kappa shape index (κ2) is 9.97. The molecule has 166 valence electrons. The zero-order valence-electron chi connectivity index (χ0n) is 17.7. The number of rotatable bonds is 8. The molecule has 3 aromatic carbocycles. The van der Waals surface area contributed by atoms with Crippen molar-refractivity contribution in [3.8, 4) is 17.2 Å². The minimum Gasteiger partial charge on any atom is -0.497 e. The summed E-state index contributed by atoms with van der Waals surface area (Å²) in [7, 11) is -0.810. The predicted molar refractivity (Wildman–Crippen MR) is 120 cm³/mol. The summed E-state index contributed by atoms with van der Waals surface area (Å²) in [5.41, 5.74) is 1.84. The van der Waals surface area contributed by atoms with E-state index >= 15 is 0 Å². The summed E-state index contributed by atoms with van der Waals surface area (Å²) in [4.78, 5) is 14.7. The molecule has 1 N–H and O–H groups in total. The number of nitrogens with zero attached hydrogens (tertiary/aromatic N) is 1. The van der Waals surface area contributed by atoms with Gasteiger partial charge in [0.05, 0.1) is 30.9 Å². The minimum atomic E-state index is -3.78. The second-order valence-corrected chi connectivity index (χ2v) is 8.36. The van der Waals surface area contributed by atoms with Gasteiger partial charge in [-0.15, -0.1) is 0 Å². The predicted octanol–water partition coefficient (Wildman–Crippen LogP) is 3.54. The van der Waals surface area contributed by atoms with Gasteiger partial charge in [0.1, 0.15) is 5.75 Å². The molecule has 0 aromatic heterocycles. The summed E-state index contributed by atoms with van der Waals surface area (Å²) in [5.74, 6) is 0.571. The molecule has 0 saturated carbocycles. The lowest BCUT2D eigenvalue weighted by molar-refractivity contribution is 0.0729. The third kappa shape index (κ3) is 5.64. The normalized spacial score (nSPS) is 11.2. The molecule has 3 aromatic rings. The highest BCUT2D eigenvalue weighted by Crippen LogP contribution is 2.28. The fourth-order valence-corrected chi connectivity index (χ4v) is 3.47. The Morgan fingerprint density at radius 3 is 2.22 bits per heavy atom. The Labute approximate surface area is 186 Å². The van der Waals surface area contributed by atoms with Crippen molar-refractivity contribution in [3.05, 3.63) is 83.4 Å². The summed E-state index contributed by atoms with van der Waals surface area (Å²) >= 11 is 0. The lowest BCUT2D eigenvalue weighted by Gasteiger charge is -2.10. The average Bonchev–Trinajstić information content (AvgIpc) is 2.80. The molecule has 0 radical (unpaired) electrons. The van der Waals surface area contributed by atoms with Crippen LogP contribution in [0, 0.1) is 6.92 Å². The number of hydrazone groups is 1. The van der Waals surface area contributed by atoms with Gasteiger partial charge in [-0.25, -0.2) is 9.63 Å². The summed E-state index contributed by atoms with van der Waals surface area (Å²) in [6.07, 6.45) is 1.32. The van der Waals surface area contributed by atoms with Gasteiger partial charge in [0, 0.05) is 0 Å². The molecule has 0 unspecified atom stereocenters. The Hall–Kier alpha value is -3.85. The smallest absolute Gasteiger partial charge is 0.343 e. The van der Waals surface area contributed by atoms with E-state index in [0.29, 0.717) is 16.9 Å². The summed E-state index contributed by atoms with van der Waals surface area (Å²) in [5, 5.41) is 3.80. The van der Waals surface area contributed by atoms with Crippen molar-refractivity contribution in [3.63, 3.8) is 0 Å². The molecule has 0 aliphatic heterocycles. The van der Waals surface area contributed by atoms with E-state index in [1.807, 2.05) is 6.92 Å². The Morgan fingerprint density at radius 1 is 0.906 bits per heavy atom. The van der Waals surface area contributed by atoms with Crippen molar-refractivity contribution < 1.29 is 27.4 Å². The van der Waals surface area contributed by atoms with Gasteiger partial charge in [0.15, 0.2) is 11.5 Å². The molecule has 0 saturated heterocycles. The zero-order chi connectivity index (χ0) is 23.1. The van der Waals surface area contributed by atoms with Crippen molar-refractivity contribution >= 4 is 22.2 Å². The average molecular weight is 455 g/mol. The molecule has 0 fully saturated rings. The number of sulfonamides is 1. The zero-order valence-corrected chi connectivity index (χ0v) is 18.5. The largest absolute Gasteiger partial charge is 0.497 e. The topological polar surface area (TPSA) is 103 Å². The molecule has 8 nitrogen and oxygen atoms in total. The highest BCUT2D eigenvalue weighted by Gasteiger charge is 2.14. The molecule has 9 heteroatoms. The van der Waals surface area contributed by atoms with Crippen LogP contribution in [0.15, 0.2) is 76.7 Å². The fourth-order valence-electron chi connectivity index (χ4n) is 2.68. The van der Waals surface area contributed by atoms with Crippen LogP contribution in [-0.2, 0) is 10.0 Å². The molecule has 3 rings (SSSR count). The maximum absolute atomic E-state index is 12.4. The number of esters is 1. The summed E-state index contributed by atoms with van der Waals surface area (Å²) in [6, 6.07) is 17.6. The highest BCUT2D eigenvalue weighted by atomic mass is 32.2. The monoisotopic (exact) mass is 454 g/mol. The number of ether oxygens (including phenoxy) is 3. The van der Waals surface area contributed by atoms with Crippen molar-refractivity contribution in [2.45, 2.75) is 11.8 Å². The molecule has 0 atom stereocenters. The number of hydrogen-bond donors (Lipinski definition) is 1. The van der Waals surface area contributed by atoms with Crippen molar-refractivity contribution in [2.24, 2.45) is 5.10 Å². The molecular formula is C23H22N2O6S. The summed E-state index contributed by atoms with van der Waals surface area (Å²) in [6.45, 7) is 1.87. The van der Waals surface area contributed by atoms with Crippen LogP contribution in [0.25, 0.3) is 0 Å². The van der Waals surface area contributed by atoms with Crippen LogP contribution in [0.1, 0.15) is 21.5 Å². The fraction of sp³-hybridized carbons (Fsp3) is 0.130. The first-order valence-electron chi connectivity index (χ1n) is 9.48. The minimum absolute atomic E-state index is 0.110. The van der Waals surface area contributed by atoms with Crippen molar-refractivity contribution in [2.75, 3.05) is 14.2 Å². The Kier molecular flexibility index (Phi) is 7.11. The molecule has 0 amide bonds. The third-order valence-electron chi connectivity index (χ3n) is 4.43. The van der Waals surface area contributed by atoms with E-state index in [9.17, 15) is 13.2 Å². The number of methoxy groups -OCH3 is 2. The van der Waals surface area contributed by atoms with Gasteiger partial charge in [0.2, 0.25) is 0 Å². The van der Waals surface area contributed by atoms with Crippen LogP contribution in [0.3, 0.4) is 0 Å². The Morgan fingerprint density at radius 2 is 1.59 bits per heavy atom. The molecule has 0 heterocycles. The number of hydrogen-bond acceptors (Lipinski definition) is 7. The van der Waals surface area contributed by atoms with Crippen LogP contribution in [0.2, 0.25) is 0 Å². The van der Waals surface area contributed by atoms with Crippen molar-refractivity contribution in [1.82, 2.24) is 4.83 Å². The standard InChI is InChI=1S/C23H22N2O6S/c1-16-4-11-20(12-5-16)32(27,28)25-24-15-17-6-13-21(22(14-17)30-3)31-23(26)18-7-9-19(29-2)10-8-18/h4-15,25H,1-3H3/b24-15-. The molecule has 0 bridgehead atoms. The van der Waals surface area contributed by atoms with Crippen LogP contribution < -0.4 is 19.0 Å². The first-order chi connectivity index (χ1) is 15.3. The van der Waals surface area contributed by atoms with E-state index in [0.717, 1.165) is 5.56 Å². The van der Waals surface area contributed by atoms with Gasteiger partial charge in [-0.05, 0) is 67.1 Å². The third-order valence-corrected chi connectivity index (χ3v) is 5.67. The van der Waals surface area contributed by atoms with E-state index < -0.39 is 16.0 Å². The van der Waals surface area contributed by atoms with E-state index in [2.05, 4.69) is 9.93 Å². The molecular weight excluding hydrogens is 432 g/mol. The second-order valence-electron chi connectivity index (χ2n) is 6.69. The quantitative estimate of drug-likeness (QED) is 0.242. The van der Waals surface area contributed by atoms with E-state index in [-0.39, 0.29) is 16.4 Å². The summed E-state index contributed by atoms with van der Waals surface area (Å²) < 4.78 is 40.4. The SMILES string of the molecule is COc1ccc(C(=O)Oc2ccc(/C=N\NS(=O)(=O)c3ccc(C)cc3)cc2OC)cc1. The lowest BCUT2D eigenvalue weighted by Crippen LogP contribution is -2.18. The first kappa shape index (κ1) is 22.8. The molecule has 0 spiro atoms. The Bertz CT molecular complexity index is 1220. The molecule has 0 aliphatic carbocycles. The van der Waals surface area contributed by atoms with Crippen LogP contribution >= 0.6 is 0 Å². The number of nitrogens with one attached hydrogen (secondary N) is 1. The van der Waals surface area contributed by atoms with Gasteiger partial charge >= 0.3 is 5.97 Å². The van der Waals surface area contributed by atoms with Crippen molar-refractivity contribution in [1.29, 1.82) is 0 Å². The first-order valence-corrected chi connectivity index (χ1v) is 11.0. The van der Waals surface area contributed by atoms with Gasteiger partial charge in [-0.2, -0.15) is 13.5 Å². The Balaban J connectivity index is 1.70. The van der Waals surface area contributed by atoms with Crippen LogP contribution in [0.4, 0.5) is 0 Å². The highest BCUT2D eigenvalue weighted by molar-refractivity contribution is 7.89. The number of benzene rings is 3. The van der Waals surface area contributed by atoms with E-state index in [1.165, 1.54) is 38.6 Å². The lowest BCUT2D eigenvalue weighted by atomic mass is 10.2. The van der Waals surface area contributed by atoms with Gasteiger partial charge < -0.3 is 14.2 Å². The number of carbonyl (C=O) groups is 1. The van der Waals surface area contributed by atoms with Crippen LogP contribution in [0.5, 0.6) is 17.2 Å². The van der Waals surface area contributed by atoms with Crippen LogP contribution in [-0.4, -0.2) is 34.8 Å². The van der Waals surface area contributed by atoms with E-state index in [1.54, 1.807) is 48.5 Å². The van der Waals surface area contributed by atoms with Gasteiger partial charge in [-0.1, -0.05) is 17.7 Å². The van der Waals surface area contributed by atoms with Gasteiger partial charge in [0.25, 0.3) is 10.0 Å².